The van der Waals surface area contributed by atoms with Crippen LogP contribution in [-0.2, 0) is 9.84 Å². The summed E-state index contributed by atoms with van der Waals surface area (Å²) in [7, 11) is -2.34. The molecule has 0 fully saturated rings. The minimum atomic E-state index is -3.83. The summed E-state index contributed by atoms with van der Waals surface area (Å²) in [6, 6.07) is 15.9. The van der Waals surface area contributed by atoms with Gasteiger partial charge in [-0.1, -0.05) is 29.8 Å². The number of benzene rings is 2. The monoisotopic (exact) mass is 371 g/mol. The molecule has 1 N–H and O–H groups in total. The fourth-order valence-electron chi connectivity index (χ4n) is 2.35. The van der Waals surface area contributed by atoms with Gasteiger partial charge in [0, 0.05) is 0 Å². The molecule has 0 radical (unpaired) electrons. The standard InChI is InChI=1S/C19H17NO5S/c1-13-7-9-14(10-8-13)26(22,23)18-12-11-17(25-18)19(21)20-15-5-3-4-6-16(15)24-2/h3-12H,1-2H3,(H,20,21). The highest BCUT2D eigenvalue weighted by Gasteiger charge is 2.23. The molecule has 0 saturated carbocycles. The van der Waals surface area contributed by atoms with Crippen LogP contribution in [0.5, 0.6) is 5.75 Å². The third kappa shape index (κ3) is 3.48. The highest BCUT2D eigenvalue weighted by Crippen LogP contribution is 2.26. The molecule has 0 aliphatic rings. The molecule has 0 saturated heterocycles. The molecule has 3 rings (SSSR count). The molecule has 26 heavy (non-hydrogen) atoms. The molecule has 2 aromatic carbocycles. The van der Waals surface area contributed by atoms with E-state index in [1.165, 1.54) is 31.4 Å². The number of carbonyl (C=O) groups excluding carboxylic acids is 1. The van der Waals surface area contributed by atoms with Crippen LogP contribution >= 0.6 is 0 Å². The molecule has 0 atom stereocenters. The highest BCUT2D eigenvalue weighted by atomic mass is 32.2. The van der Waals surface area contributed by atoms with Gasteiger partial charge in [0.25, 0.3) is 5.91 Å². The van der Waals surface area contributed by atoms with Gasteiger partial charge in [-0.15, -0.1) is 0 Å². The SMILES string of the molecule is COc1ccccc1NC(=O)c1ccc(S(=O)(=O)c2ccc(C)cc2)o1. The zero-order chi connectivity index (χ0) is 18.7. The lowest BCUT2D eigenvalue weighted by atomic mass is 10.2. The van der Waals surface area contributed by atoms with Crippen LogP contribution in [0.15, 0.2) is 75.1 Å². The quantitative estimate of drug-likeness (QED) is 0.739. The predicted molar refractivity (Wildman–Crippen MR) is 96.3 cm³/mol. The summed E-state index contributed by atoms with van der Waals surface area (Å²) in [5.74, 6) is -0.193. The van der Waals surface area contributed by atoms with Gasteiger partial charge < -0.3 is 14.5 Å². The van der Waals surface area contributed by atoms with Crippen molar-refractivity contribution in [1.29, 1.82) is 0 Å². The minimum absolute atomic E-state index is 0.106. The largest absolute Gasteiger partial charge is 0.495 e. The lowest BCUT2D eigenvalue weighted by Gasteiger charge is -2.08. The number of methoxy groups -OCH3 is 1. The average molecular weight is 371 g/mol. The molecule has 0 bridgehead atoms. The van der Waals surface area contributed by atoms with Crippen molar-refractivity contribution in [3.8, 4) is 5.75 Å². The van der Waals surface area contributed by atoms with Gasteiger partial charge in [-0.25, -0.2) is 8.42 Å². The van der Waals surface area contributed by atoms with Gasteiger partial charge in [0.15, 0.2) is 5.76 Å². The maximum absolute atomic E-state index is 12.6. The van der Waals surface area contributed by atoms with Crippen LogP contribution in [0.4, 0.5) is 5.69 Å². The zero-order valence-corrected chi connectivity index (χ0v) is 15.0. The molecule has 1 aromatic heterocycles. The number of nitrogens with one attached hydrogen (secondary N) is 1. The van der Waals surface area contributed by atoms with E-state index in [0.29, 0.717) is 11.4 Å². The van der Waals surface area contributed by atoms with Gasteiger partial charge >= 0.3 is 0 Å². The van der Waals surface area contributed by atoms with Crippen molar-refractivity contribution in [2.75, 3.05) is 12.4 Å². The number of aryl methyl sites for hydroxylation is 1. The van der Waals surface area contributed by atoms with E-state index in [1.54, 1.807) is 36.4 Å². The van der Waals surface area contributed by atoms with E-state index in [1.807, 2.05) is 6.92 Å². The Kier molecular flexibility index (Phi) is 4.81. The Labute approximate surface area is 151 Å². The molecule has 3 aromatic rings. The van der Waals surface area contributed by atoms with Gasteiger partial charge in [0.05, 0.1) is 17.7 Å². The van der Waals surface area contributed by atoms with Crippen molar-refractivity contribution < 1.29 is 22.4 Å². The summed E-state index contributed by atoms with van der Waals surface area (Å²) in [6.07, 6.45) is 0. The zero-order valence-electron chi connectivity index (χ0n) is 14.2. The Bertz CT molecular complexity index is 1040. The second-order valence-corrected chi connectivity index (χ2v) is 7.47. The van der Waals surface area contributed by atoms with Crippen LogP contribution in [0.3, 0.4) is 0 Å². The highest BCUT2D eigenvalue weighted by molar-refractivity contribution is 7.91. The average Bonchev–Trinajstić information content (AvgIpc) is 3.14. The third-order valence-corrected chi connectivity index (χ3v) is 5.40. The molecule has 1 amide bonds. The van der Waals surface area contributed by atoms with Crippen LogP contribution in [0.2, 0.25) is 0 Å². The van der Waals surface area contributed by atoms with Crippen molar-refractivity contribution in [3.63, 3.8) is 0 Å². The lowest BCUT2D eigenvalue weighted by molar-refractivity contribution is 0.0991. The van der Waals surface area contributed by atoms with Crippen molar-refractivity contribution >= 4 is 21.4 Å². The van der Waals surface area contributed by atoms with E-state index in [4.69, 9.17) is 9.15 Å². The molecule has 134 valence electrons. The van der Waals surface area contributed by atoms with E-state index in [2.05, 4.69) is 5.32 Å². The Morgan fingerprint density at radius 1 is 1.00 bits per heavy atom. The van der Waals surface area contributed by atoms with Gasteiger partial charge in [-0.3, -0.25) is 4.79 Å². The van der Waals surface area contributed by atoms with E-state index in [-0.39, 0.29) is 15.7 Å². The molecule has 1 heterocycles. The first kappa shape index (κ1) is 17.8. The Hall–Kier alpha value is -3.06. The number of ether oxygens (including phenoxy) is 1. The molecule has 0 aliphatic heterocycles. The van der Waals surface area contributed by atoms with Crippen LogP contribution in [0.1, 0.15) is 16.1 Å². The first-order valence-corrected chi connectivity index (χ1v) is 9.26. The molecule has 0 spiro atoms. The lowest BCUT2D eigenvalue weighted by Crippen LogP contribution is -2.11. The smallest absolute Gasteiger partial charge is 0.291 e. The minimum Gasteiger partial charge on any atom is -0.495 e. The summed E-state index contributed by atoms with van der Waals surface area (Å²) in [6.45, 7) is 1.86. The number of rotatable bonds is 5. The summed E-state index contributed by atoms with van der Waals surface area (Å²) >= 11 is 0. The van der Waals surface area contributed by atoms with E-state index in [0.717, 1.165) is 5.56 Å². The number of furan rings is 1. The molecule has 0 unspecified atom stereocenters. The normalized spacial score (nSPS) is 11.2. The van der Waals surface area contributed by atoms with Gasteiger partial charge in [0.1, 0.15) is 5.75 Å². The number of sulfone groups is 1. The Morgan fingerprint density at radius 2 is 1.69 bits per heavy atom. The van der Waals surface area contributed by atoms with E-state index in [9.17, 15) is 13.2 Å². The molecule has 7 heteroatoms. The van der Waals surface area contributed by atoms with Crippen LogP contribution in [0, 0.1) is 6.92 Å². The first-order chi connectivity index (χ1) is 12.4. The maximum Gasteiger partial charge on any atom is 0.291 e. The summed E-state index contributed by atoms with van der Waals surface area (Å²) in [5.41, 5.74) is 1.40. The van der Waals surface area contributed by atoms with Crippen molar-refractivity contribution in [3.05, 3.63) is 72.0 Å². The number of hydrogen-bond donors (Lipinski definition) is 1. The number of carbonyl (C=O) groups is 1. The van der Waals surface area contributed by atoms with Gasteiger partial charge in [-0.2, -0.15) is 0 Å². The van der Waals surface area contributed by atoms with Crippen molar-refractivity contribution in [1.82, 2.24) is 0 Å². The summed E-state index contributed by atoms with van der Waals surface area (Å²) < 4.78 is 35.7. The number of anilines is 1. The maximum atomic E-state index is 12.6. The number of para-hydroxylation sites is 2. The molecule has 0 aliphatic carbocycles. The van der Waals surface area contributed by atoms with Crippen molar-refractivity contribution in [2.24, 2.45) is 0 Å². The third-order valence-electron chi connectivity index (χ3n) is 3.76. The predicted octanol–water partition coefficient (Wildman–Crippen LogP) is 3.68. The fourth-order valence-corrected chi connectivity index (χ4v) is 3.53. The van der Waals surface area contributed by atoms with Crippen LogP contribution in [-0.4, -0.2) is 21.4 Å². The van der Waals surface area contributed by atoms with Crippen LogP contribution < -0.4 is 10.1 Å². The first-order valence-electron chi connectivity index (χ1n) is 7.78. The van der Waals surface area contributed by atoms with E-state index < -0.39 is 15.7 Å². The van der Waals surface area contributed by atoms with Crippen LogP contribution in [0.25, 0.3) is 0 Å². The molecule has 6 nitrogen and oxygen atoms in total. The molecular weight excluding hydrogens is 354 g/mol. The molecular formula is C19H17NO5S. The fraction of sp³-hybridized carbons (Fsp3) is 0.105. The summed E-state index contributed by atoms with van der Waals surface area (Å²) in [4.78, 5) is 12.5. The van der Waals surface area contributed by atoms with Gasteiger partial charge in [-0.05, 0) is 43.3 Å². The summed E-state index contributed by atoms with van der Waals surface area (Å²) in [5, 5.41) is 2.35. The topological polar surface area (TPSA) is 85.6 Å². The second-order valence-electron chi connectivity index (χ2n) is 5.59. The Balaban J connectivity index is 1.85. The van der Waals surface area contributed by atoms with Crippen molar-refractivity contribution in [2.45, 2.75) is 16.9 Å². The second kappa shape index (κ2) is 7.05. The van der Waals surface area contributed by atoms with Gasteiger partial charge in [0.2, 0.25) is 14.9 Å². The Morgan fingerprint density at radius 3 is 2.38 bits per heavy atom. The number of hydrogen-bond acceptors (Lipinski definition) is 5. The number of amides is 1. The van der Waals surface area contributed by atoms with E-state index >= 15 is 0 Å².